The highest BCUT2D eigenvalue weighted by atomic mass is 32.1. The van der Waals surface area contributed by atoms with Crippen molar-refractivity contribution in [2.75, 3.05) is 9.80 Å². The van der Waals surface area contributed by atoms with Crippen LogP contribution in [0.2, 0.25) is 0 Å². The maximum absolute atomic E-state index is 2.70. The number of benzene rings is 8. The van der Waals surface area contributed by atoms with Gasteiger partial charge in [0.2, 0.25) is 0 Å². The van der Waals surface area contributed by atoms with Crippen molar-refractivity contribution in [1.29, 1.82) is 0 Å². The Bertz CT molecular complexity index is 3750. The van der Waals surface area contributed by atoms with Crippen LogP contribution < -0.4 is 26.2 Å². The van der Waals surface area contributed by atoms with Crippen molar-refractivity contribution in [3.63, 3.8) is 0 Å². The normalized spacial score (nSPS) is 16.4. The molecule has 1 aromatic heterocycles. The Morgan fingerprint density at radius 3 is 1.38 bits per heavy atom. The Kier molecular flexibility index (Phi) is 9.42. The number of aryl methyl sites for hydroxylation is 1. The van der Waals surface area contributed by atoms with E-state index in [1.54, 1.807) is 0 Å². The van der Waals surface area contributed by atoms with Crippen molar-refractivity contribution >= 4 is 78.6 Å². The van der Waals surface area contributed by atoms with Gasteiger partial charge in [-0.05, 0) is 184 Å². The minimum atomic E-state index is -0.494. The van der Waals surface area contributed by atoms with E-state index in [1.165, 1.54) is 132 Å². The highest BCUT2D eigenvalue weighted by Gasteiger charge is 2.54. The summed E-state index contributed by atoms with van der Waals surface area (Å²) in [5, 5.41) is 1.33. The zero-order chi connectivity index (χ0) is 50.2. The molecule has 356 valence electrons. The van der Waals surface area contributed by atoms with Crippen molar-refractivity contribution in [2.45, 2.75) is 117 Å². The molecule has 3 heterocycles. The van der Waals surface area contributed by atoms with Gasteiger partial charge in [0.15, 0.2) is 0 Å². The van der Waals surface area contributed by atoms with Crippen LogP contribution in [0.4, 0.5) is 34.1 Å². The monoisotopic (exact) mass is 952 g/mol. The van der Waals surface area contributed by atoms with E-state index < -0.39 is 5.41 Å². The van der Waals surface area contributed by atoms with Crippen LogP contribution in [0.25, 0.3) is 32.3 Å². The highest BCUT2D eigenvalue weighted by Crippen LogP contribution is 2.64. The van der Waals surface area contributed by atoms with E-state index in [2.05, 4.69) is 258 Å². The molecule has 13 rings (SSSR count). The highest BCUT2D eigenvalue weighted by molar-refractivity contribution is 7.19. The SMILES string of the molecule is Cc1cc2cc3c(cc2s1)C1(c2ccccc2-c2cc4c(cc21)B1c2ccc(C(C)(C)C)cc2N(c2ccc(C(C)(C)C)cc2)c2cc(C(C)(C)C)cc(c21)N4c1ccc(C(C)(C)C)cc1)c1ccccc1-3. The molecule has 2 nitrogen and oxygen atoms in total. The lowest BCUT2D eigenvalue weighted by Gasteiger charge is -2.46. The minimum Gasteiger partial charge on any atom is -0.311 e. The lowest BCUT2D eigenvalue weighted by atomic mass is 9.33. The quantitative estimate of drug-likeness (QED) is 0.159. The smallest absolute Gasteiger partial charge is 0.252 e. The van der Waals surface area contributed by atoms with Gasteiger partial charge in [-0.2, -0.15) is 0 Å². The first-order chi connectivity index (χ1) is 34.1. The summed E-state index contributed by atoms with van der Waals surface area (Å²) in [6.07, 6.45) is 0. The summed E-state index contributed by atoms with van der Waals surface area (Å²) >= 11 is 1.92. The number of thiophene rings is 1. The molecule has 1 unspecified atom stereocenters. The Morgan fingerprint density at radius 1 is 0.389 bits per heavy atom. The molecule has 9 aromatic rings. The molecular formula is C68H65BN2S. The van der Waals surface area contributed by atoms with Gasteiger partial charge in [0, 0.05) is 43.7 Å². The van der Waals surface area contributed by atoms with Gasteiger partial charge in [-0.3, -0.25) is 0 Å². The second-order valence-corrected chi connectivity index (χ2v) is 26.8. The van der Waals surface area contributed by atoms with Crippen molar-refractivity contribution < 1.29 is 0 Å². The first-order valence-electron chi connectivity index (χ1n) is 26.2. The number of hydrogen-bond donors (Lipinski definition) is 0. The van der Waals surface area contributed by atoms with E-state index in [9.17, 15) is 0 Å². The summed E-state index contributed by atoms with van der Waals surface area (Å²) in [5.74, 6) is 0. The van der Waals surface area contributed by atoms with Crippen molar-refractivity contribution in [3.8, 4) is 22.3 Å². The van der Waals surface area contributed by atoms with Gasteiger partial charge in [0.25, 0.3) is 6.71 Å². The molecule has 4 aliphatic rings. The predicted octanol–water partition coefficient (Wildman–Crippen LogP) is 16.8. The molecule has 0 fully saturated rings. The molecule has 0 saturated carbocycles. The van der Waals surface area contributed by atoms with Gasteiger partial charge in [-0.15, -0.1) is 11.3 Å². The average molecular weight is 953 g/mol. The third-order valence-corrected chi connectivity index (χ3v) is 17.8. The van der Waals surface area contributed by atoms with Gasteiger partial charge in [-0.25, -0.2) is 0 Å². The Labute approximate surface area is 432 Å². The third-order valence-electron chi connectivity index (χ3n) is 16.8. The van der Waals surface area contributed by atoms with Crippen LogP contribution in [0.15, 0.2) is 158 Å². The fraction of sp³-hybridized carbons (Fsp3) is 0.265. The van der Waals surface area contributed by atoms with Gasteiger partial charge in [0.1, 0.15) is 0 Å². The van der Waals surface area contributed by atoms with Crippen LogP contribution in [-0.4, -0.2) is 6.71 Å². The zero-order valence-corrected chi connectivity index (χ0v) is 45.2. The van der Waals surface area contributed by atoms with E-state index in [0.717, 1.165) is 0 Å². The average Bonchev–Trinajstić information content (AvgIpc) is 3.95. The Balaban J connectivity index is 1.17. The summed E-state index contributed by atoms with van der Waals surface area (Å²) in [5.41, 5.74) is 27.0. The predicted molar refractivity (Wildman–Crippen MR) is 312 cm³/mol. The molecule has 2 aliphatic heterocycles. The van der Waals surface area contributed by atoms with Crippen LogP contribution >= 0.6 is 11.3 Å². The molecule has 1 atom stereocenters. The van der Waals surface area contributed by atoms with Gasteiger partial charge in [-0.1, -0.05) is 174 Å². The summed E-state index contributed by atoms with van der Waals surface area (Å²) in [6, 6.07) is 62.9. The number of anilines is 6. The lowest BCUT2D eigenvalue weighted by molar-refractivity contribution is 0.589. The zero-order valence-electron chi connectivity index (χ0n) is 44.4. The van der Waals surface area contributed by atoms with Gasteiger partial charge >= 0.3 is 0 Å². The molecule has 8 aromatic carbocycles. The fourth-order valence-corrected chi connectivity index (χ4v) is 13.9. The van der Waals surface area contributed by atoms with Crippen LogP contribution in [-0.2, 0) is 27.1 Å². The standard InChI is InChI=1S/C68H65BN2S/c1-40-32-41-33-50-48-18-14-16-20-52(48)68(55(50)39-62(41)72-40)53-21-17-15-19-49(53)51-37-59-57(38-54(51)68)69-56-31-26-44(66(8,9)10)34-58(56)70(46-27-22-42(23-28-46)64(2,3)4)60-35-45(67(11,12)13)36-61(63(60)69)71(59)47-29-24-43(25-30-47)65(5,6)7/h14-39H,1-13H3. The number of rotatable bonds is 2. The first-order valence-corrected chi connectivity index (χ1v) is 27.0. The van der Waals surface area contributed by atoms with E-state index >= 15 is 0 Å². The molecule has 0 amide bonds. The largest absolute Gasteiger partial charge is 0.311 e. The number of nitrogens with zero attached hydrogens (tertiary/aromatic N) is 2. The summed E-state index contributed by atoms with van der Waals surface area (Å²) < 4.78 is 1.35. The van der Waals surface area contributed by atoms with Crippen LogP contribution in [0, 0.1) is 6.92 Å². The summed E-state index contributed by atoms with van der Waals surface area (Å²) in [4.78, 5) is 6.61. The van der Waals surface area contributed by atoms with Crippen LogP contribution in [0.5, 0.6) is 0 Å². The topological polar surface area (TPSA) is 6.48 Å². The molecule has 72 heavy (non-hydrogen) atoms. The van der Waals surface area contributed by atoms with E-state index in [4.69, 9.17) is 0 Å². The molecule has 0 bridgehead atoms. The van der Waals surface area contributed by atoms with Crippen LogP contribution in [0.1, 0.15) is 132 Å². The van der Waals surface area contributed by atoms with Gasteiger partial charge in [0.05, 0.1) is 5.41 Å². The molecule has 0 saturated heterocycles. The number of fused-ring (bicyclic) bond motifs is 15. The first kappa shape index (κ1) is 45.3. The molecule has 0 radical (unpaired) electrons. The Morgan fingerprint density at radius 2 is 0.847 bits per heavy atom. The van der Waals surface area contributed by atoms with E-state index in [0.29, 0.717) is 0 Å². The number of hydrogen-bond acceptors (Lipinski definition) is 3. The molecule has 2 aliphatic carbocycles. The van der Waals surface area contributed by atoms with Crippen molar-refractivity contribution in [3.05, 3.63) is 207 Å². The third kappa shape index (κ3) is 6.40. The summed E-state index contributed by atoms with van der Waals surface area (Å²) in [6.45, 7) is 30.3. The molecule has 4 heteroatoms. The second-order valence-electron chi connectivity index (χ2n) is 25.5. The maximum atomic E-state index is 2.70. The maximum Gasteiger partial charge on any atom is 0.252 e. The molecule has 1 spiro atoms. The fourth-order valence-electron chi connectivity index (χ4n) is 13.0. The van der Waals surface area contributed by atoms with Crippen molar-refractivity contribution in [2.24, 2.45) is 0 Å². The minimum absolute atomic E-state index is 0.0213. The van der Waals surface area contributed by atoms with Crippen LogP contribution in [0.3, 0.4) is 0 Å². The second kappa shape index (κ2) is 15.0. The Hall–Kier alpha value is -6.62. The lowest BCUT2D eigenvalue weighted by Crippen LogP contribution is -2.61. The van der Waals surface area contributed by atoms with E-state index in [1.807, 2.05) is 11.3 Å². The summed E-state index contributed by atoms with van der Waals surface area (Å²) in [7, 11) is 0. The molecule has 0 N–H and O–H groups in total. The van der Waals surface area contributed by atoms with E-state index in [-0.39, 0.29) is 28.4 Å². The molecular weight excluding hydrogens is 888 g/mol. The van der Waals surface area contributed by atoms with Crippen molar-refractivity contribution in [1.82, 2.24) is 0 Å². The van der Waals surface area contributed by atoms with Gasteiger partial charge < -0.3 is 9.80 Å².